The molecule has 0 amide bonds. The van der Waals surface area contributed by atoms with Crippen LogP contribution >= 0.6 is 68.4 Å². The van der Waals surface area contributed by atoms with Gasteiger partial charge in [0.05, 0.1) is 12.2 Å². The Morgan fingerprint density at radius 1 is 1.13 bits per heavy atom. The monoisotopic (exact) mass is 465 g/mol. The van der Waals surface area contributed by atoms with Gasteiger partial charge in [-0.05, 0) is 57.3 Å². The highest BCUT2D eigenvalue weighted by atomic mass is 127. The first kappa shape index (κ1) is 11.9. The Morgan fingerprint density at radius 2 is 1.80 bits per heavy atom. The number of hydrogen-bond donors (Lipinski definition) is 1. The summed E-state index contributed by atoms with van der Waals surface area (Å²) in [5.41, 5.74) is 0.442. The van der Waals surface area contributed by atoms with Crippen LogP contribution in [-0.2, 0) is 0 Å². The summed E-state index contributed by atoms with van der Waals surface area (Å²) in [5, 5.41) is 11.5. The first-order valence-corrected chi connectivity index (χ1v) is 6.74. The van der Waals surface area contributed by atoms with E-state index in [-0.39, 0.29) is 5.75 Å². The predicted octanol–water partition coefficient (Wildman–Crippen LogP) is 4.46. The minimum Gasteiger partial charge on any atom is -0.505 e. The van der Waals surface area contributed by atoms with E-state index in [0.717, 1.165) is 3.57 Å². The summed E-state index contributed by atoms with van der Waals surface area (Å²) in [4.78, 5) is 4.12. The quantitative estimate of drug-likeness (QED) is 0.460. The van der Waals surface area contributed by atoms with Crippen molar-refractivity contribution in [3.05, 3.63) is 29.4 Å². The van der Waals surface area contributed by atoms with Gasteiger partial charge in [0.2, 0.25) is 0 Å². The Labute approximate surface area is 123 Å². The van der Waals surface area contributed by atoms with Gasteiger partial charge in [-0.3, -0.25) is 0 Å². The van der Waals surface area contributed by atoms with Crippen molar-refractivity contribution in [1.29, 1.82) is 0 Å². The molecule has 1 aromatic heterocycles. The van der Waals surface area contributed by atoms with Crippen molar-refractivity contribution in [3.63, 3.8) is 0 Å². The molecule has 0 saturated heterocycles. The van der Waals surface area contributed by atoms with E-state index in [1.54, 1.807) is 6.07 Å². The molecule has 0 saturated carbocycles. The van der Waals surface area contributed by atoms with E-state index >= 15 is 0 Å². The Hall–Kier alpha value is 0.470. The van der Waals surface area contributed by atoms with Gasteiger partial charge in [0.25, 0.3) is 0 Å². The number of phenols is 1. The highest BCUT2D eigenvalue weighted by Gasteiger charge is 2.12. The van der Waals surface area contributed by atoms with Gasteiger partial charge in [0, 0.05) is 5.39 Å². The van der Waals surface area contributed by atoms with Gasteiger partial charge in [0.15, 0.2) is 5.75 Å². The number of benzene rings is 1. The van der Waals surface area contributed by atoms with Crippen LogP contribution in [0.25, 0.3) is 10.9 Å². The van der Waals surface area contributed by atoms with Crippen LogP contribution in [0.1, 0.15) is 0 Å². The van der Waals surface area contributed by atoms with Crippen molar-refractivity contribution in [2.24, 2.45) is 0 Å². The second kappa shape index (κ2) is 4.38. The molecule has 2 aromatic rings. The summed E-state index contributed by atoms with van der Waals surface area (Å²) < 4.78 is 1.47. The summed E-state index contributed by atoms with van der Waals surface area (Å²) in [6, 6.07) is 3.51. The van der Waals surface area contributed by atoms with E-state index in [1.165, 1.54) is 0 Å². The zero-order chi connectivity index (χ0) is 11.2. The molecule has 15 heavy (non-hydrogen) atoms. The van der Waals surface area contributed by atoms with Gasteiger partial charge in [-0.25, -0.2) is 4.98 Å². The van der Waals surface area contributed by atoms with Gasteiger partial charge in [-0.15, -0.1) is 0 Å². The number of hydrogen-bond acceptors (Lipinski definition) is 2. The summed E-state index contributed by atoms with van der Waals surface area (Å²) in [7, 11) is 0. The fraction of sp³-hybridized carbons (Fsp3) is 0. The Balaban J connectivity index is 2.97. The molecule has 2 nitrogen and oxygen atoms in total. The largest absolute Gasteiger partial charge is 0.505 e. The number of nitrogens with zero attached hydrogens (tertiary/aromatic N) is 1. The second-order valence-corrected chi connectivity index (χ2v) is 5.94. The third kappa shape index (κ3) is 2.13. The minimum absolute atomic E-state index is 0.119. The van der Waals surface area contributed by atoms with Crippen LogP contribution in [0.15, 0.2) is 12.1 Å². The van der Waals surface area contributed by atoms with E-state index in [4.69, 9.17) is 23.2 Å². The maximum atomic E-state index is 9.81. The lowest BCUT2D eigenvalue weighted by Crippen LogP contribution is -1.88. The molecule has 0 bridgehead atoms. The van der Waals surface area contributed by atoms with Crippen molar-refractivity contribution < 1.29 is 5.11 Å². The number of aromatic nitrogens is 1. The van der Waals surface area contributed by atoms with Crippen LogP contribution < -0.4 is 0 Å². The predicted molar refractivity (Wildman–Crippen MR) is 78.9 cm³/mol. The topological polar surface area (TPSA) is 33.1 Å². The normalized spacial score (nSPS) is 10.9. The fourth-order valence-electron chi connectivity index (χ4n) is 1.20. The van der Waals surface area contributed by atoms with Crippen LogP contribution in [0.4, 0.5) is 0 Å². The maximum absolute atomic E-state index is 9.81. The standard InChI is InChI=1S/C9H3Cl2I2NO/c10-4-2-5(12)8(15)7-3(4)1-6(13)9(11)14-7/h1-2,15H. The Kier molecular flexibility index (Phi) is 3.49. The van der Waals surface area contributed by atoms with Crippen LogP contribution in [0.5, 0.6) is 5.75 Å². The van der Waals surface area contributed by atoms with Gasteiger partial charge in [-0.2, -0.15) is 0 Å². The molecule has 0 fully saturated rings. The summed E-state index contributed by atoms with van der Waals surface area (Å²) in [5.74, 6) is 0.119. The lowest BCUT2D eigenvalue weighted by molar-refractivity contribution is 0.476. The molecule has 78 valence electrons. The number of fused-ring (bicyclic) bond motifs is 1. The third-order valence-electron chi connectivity index (χ3n) is 1.89. The van der Waals surface area contributed by atoms with E-state index in [1.807, 2.05) is 28.7 Å². The van der Waals surface area contributed by atoms with Crippen molar-refractivity contribution in [1.82, 2.24) is 4.98 Å². The van der Waals surface area contributed by atoms with Gasteiger partial charge in [0.1, 0.15) is 10.7 Å². The molecule has 0 atom stereocenters. The van der Waals surface area contributed by atoms with Gasteiger partial charge < -0.3 is 5.11 Å². The molecule has 1 aromatic carbocycles. The van der Waals surface area contributed by atoms with Crippen molar-refractivity contribution in [2.45, 2.75) is 0 Å². The van der Waals surface area contributed by atoms with Crippen LogP contribution in [0.3, 0.4) is 0 Å². The molecule has 1 N–H and O–H groups in total. The summed E-state index contributed by atoms with van der Waals surface area (Å²) >= 11 is 16.0. The minimum atomic E-state index is 0.119. The van der Waals surface area contributed by atoms with Crippen molar-refractivity contribution >= 4 is 79.3 Å². The average Bonchev–Trinajstić information content (AvgIpc) is 2.18. The number of pyridine rings is 1. The lowest BCUT2D eigenvalue weighted by atomic mass is 10.2. The zero-order valence-electron chi connectivity index (χ0n) is 7.06. The molecule has 0 spiro atoms. The van der Waals surface area contributed by atoms with Gasteiger partial charge >= 0.3 is 0 Å². The molecule has 2 rings (SSSR count). The number of halogens is 4. The van der Waals surface area contributed by atoms with Gasteiger partial charge in [-0.1, -0.05) is 23.2 Å². The average molecular weight is 466 g/mol. The first-order chi connectivity index (χ1) is 7.00. The van der Waals surface area contributed by atoms with E-state index < -0.39 is 0 Å². The van der Waals surface area contributed by atoms with Crippen molar-refractivity contribution in [2.75, 3.05) is 0 Å². The molecule has 0 aliphatic carbocycles. The van der Waals surface area contributed by atoms with E-state index in [9.17, 15) is 5.11 Å². The Morgan fingerprint density at radius 3 is 2.47 bits per heavy atom. The molecular formula is C9H3Cl2I2NO. The number of phenolic OH excluding ortho intramolecular Hbond substituents is 1. The highest BCUT2D eigenvalue weighted by Crippen LogP contribution is 2.36. The molecule has 0 aliphatic heterocycles. The molecule has 0 radical (unpaired) electrons. The van der Waals surface area contributed by atoms with E-state index in [2.05, 4.69) is 27.6 Å². The molecule has 6 heteroatoms. The smallest absolute Gasteiger partial charge is 0.155 e. The highest BCUT2D eigenvalue weighted by molar-refractivity contribution is 14.1. The number of rotatable bonds is 0. The maximum Gasteiger partial charge on any atom is 0.155 e. The summed E-state index contributed by atoms with van der Waals surface area (Å²) in [6.45, 7) is 0. The third-order valence-corrected chi connectivity index (χ3v) is 4.46. The lowest BCUT2D eigenvalue weighted by Gasteiger charge is -2.06. The number of aromatic hydroxyl groups is 1. The van der Waals surface area contributed by atoms with Crippen LogP contribution in [0.2, 0.25) is 10.2 Å². The summed E-state index contributed by atoms with van der Waals surface area (Å²) in [6.07, 6.45) is 0. The van der Waals surface area contributed by atoms with E-state index in [0.29, 0.717) is 24.6 Å². The first-order valence-electron chi connectivity index (χ1n) is 3.83. The van der Waals surface area contributed by atoms with Crippen molar-refractivity contribution in [3.8, 4) is 5.75 Å². The second-order valence-electron chi connectivity index (χ2n) is 2.85. The fourth-order valence-corrected chi connectivity index (χ4v) is 2.77. The molecular weight excluding hydrogens is 463 g/mol. The zero-order valence-corrected chi connectivity index (χ0v) is 12.9. The molecule has 0 aliphatic rings. The Bertz CT molecular complexity index is 560. The molecule has 0 unspecified atom stereocenters. The van der Waals surface area contributed by atoms with Crippen LogP contribution in [-0.4, -0.2) is 10.1 Å². The SMILES string of the molecule is Oc1c(I)cc(Cl)c2cc(I)c(Cl)nc12. The molecule has 1 heterocycles. The van der Waals surface area contributed by atoms with Crippen LogP contribution in [0, 0.1) is 7.14 Å².